The lowest BCUT2D eigenvalue weighted by molar-refractivity contribution is -0.384. The van der Waals surface area contributed by atoms with Crippen LogP contribution in [0.15, 0.2) is 54.6 Å². The molecule has 1 aliphatic rings. The zero-order chi connectivity index (χ0) is 25.2. The Morgan fingerprint density at radius 3 is 2.46 bits per heavy atom. The number of nitrogens with zero attached hydrogens (tertiary/aromatic N) is 2. The fraction of sp³-hybridized carbons (Fsp3) is 0.375. The van der Waals surface area contributed by atoms with Crippen LogP contribution in [0.1, 0.15) is 35.7 Å². The Morgan fingerprint density at radius 1 is 1.09 bits per heavy atom. The van der Waals surface area contributed by atoms with Crippen molar-refractivity contribution >= 4 is 23.8 Å². The molecular weight excluding hydrogens is 458 g/mol. The summed E-state index contributed by atoms with van der Waals surface area (Å²) in [6, 6.07) is 13.9. The van der Waals surface area contributed by atoms with Crippen molar-refractivity contribution in [2.75, 3.05) is 19.7 Å². The summed E-state index contributed by atoms with van der Waals surface area (Å²) in [7, 11) is 0. The number of nitro benzene ring substituents is 1. The molecule has 2 atom stereocenters. The molecule has 3 rings (SSSR count). The molecule has 0 spiro atoms. The van der Waals surface area contributed by atoms with Gasteiger partial charge in [-0.3, -0.25) is 10.1 Å². The molecule has 186 valence electrons. The van der Waals surface area contributed by atoms with Gasteiger partial charge in [-0.2, -0.15) is 0 Å². The molecule has 11 nitrogen and oxygen atoms in total. The second-order valence-corrected chi connectivity index (χ2v) is 7.85. The molecular formula is C24H27N3O8. The molecule has 1 heterocycles. The van der Waals surface area contributed by atoms with Crippen LogP contribution in [-0.2, 0) is 20.8 Å². The van der Waals surface area contributed by atoms with E-state index in [1.165, 1.54) is 29.2 Å². The van der Waals surface area contributed by atoms with Gasteiger partial charge in [-0.05, 0) is 43.2 Å². The number of amides is 2. The van der Waals surface area contributed by atoms with Crippen LogP contribution in [0.5, 0.6) is 0 Å². The first-order chi connectivity index (χ1) is 16.9. The van der Waals surface area contributed by atoms with Gasteiger partial charge < -0.3 is 24.4 Å². The molecule has 1 N–H and O–H groups in total. The first-order valence-corrected chi connectivity index (χ1v) is 11.2. The number of non-ortho nitro benzene ring substituents is 1. The number of carbonyl (C=O) groups excluding carboxylic acids is 3. The van der Waals surface area contributed by atoms with Crippen molar-refractivity contribution in [3.05, 3.63) is 75.8 Å². The average Bonchev–Trinajstić information content (AvgIpc) is 3.26. The molecule has 1 saturated heterocycles. The van der Waals surface area contributed by atoms with Crippen LogP contribution in [0.4, 0.5) is 15.3 Å². The smallest absolute Gasteiger partial charge is 0.410 e. The summed E-state index contributed by atoms with van der Waals surface area (Å²) in [6.45, 7) is 2.27. The van der Waals surface area contributed by atoms with Gasteiger partial charge in [-0.1, -0.05) is 18.2 Å². The van der Waals surface area contributed by atoms with Gasteiger partial charge in [0.15, 0.2) is 0 Å². The highest BCUT2D eigenvalue weighted by Crippen LogP contribution is 2.25. The Kier molecular flexibility index (Phi) is 8.99. The molecule has 0 bridgehead atoms. The maximum atomic E-state index is 12.8. The van der Waals surface area contributed by atoms with Gasteiger partial charge in [-0.15, -0.1) is 0 Å². The SMILES string of the molecule is CCOC(=O)NCC[C@H]1C[C@@H](OC(=O)c2ccccc2)CN1C(=O)OCc1ccc([N+](=O)[O-])cc1. The highest BCUT2D eigenvalue weighted by Gasteiger charge is 2.38. The average molecular weight is 485 g/mol. The van der Waals surface area contributed by atoms with E-state index in [4.69, 9.17) is 14.2 Å². The number of hydrogen-bond donors (Lipinski definition) is 1. The summed E-state index contributed by atoms with van der Waals surface area (Å²) >= 11 is 0. The largest absolute Gasteiger partial charge is 0.457 e. The molecule has 35 heavy (non-hydrogen) atoms. The van der Waals surface area contributed by atoms with Crippen molar-refractivity contribution < 1.29 is 33.5 Å². The van der Waals surface area contributed by atoms with Gasteiger partial charge in [0, 0.05) is 31.1 Å². The highest BCUT2D eigenvalue weighted by atomic mass is 16.6. The molecule has 2 aromatic rings. The van der Waals surface area contributed by atoms with Crippen molar-refractivity contribution in [3.63, 3.8) is 0 Å². The quantitative estimate of drug-likeness (QED) is 0.246. The van der Waals surface area contributed by atoms with E-state index in [-0.39, 0.29) is 38.0 Å². The van der Waals surface area contributed by atoms with Crippen LogP contribution in [0.25, 0.3) is 0 Å². The van der Waals surface area contributed by atoms with E-state index in [2.05, 4.69) is 5.32 Å². The molecule has 0 aliphatic carbocycles. The lowest BCUT2D eigenvalue weighted by Crippen LogP contribution is -2.38. The van der Waals surface area contributed by atoms with Crippen molar-refractivity contribution in [3.8, 4) is 0 Å². The molecule has 0 radical (unpaired) electrons. The summed E-state index contributed by atoms with van der Waals surface area (Å²) < 4.78 is 15.9. The minimum Gasteiger partial charge on any atom is -0.457 e. The number of likely N-dealkylation sites (tertiary alicyclic amines) is 1. The Labute approximate surface area is 202 Å². The van der Waals surface area contributed by atoms with E-state index in [0.717, 1.165) is 0 Å². The van der Waals surface area contributed by atoms with Gasteiger partial charge in [-0.25, -0.2) is 14.4 Å². The third-order valence-electron chi connectivity index (χ3n) is 5.43. The zero-order valence-corrected chi connectivity index (χ0v) is 19.3. The van der Waals surface area contributed by atoms with Crippen LogP contribution in [0.2, 0.25) is 0 Å². The minimum absolute atomic E-state index is 0.0585. The highest BCUT2D eigenvalue weighted by molar-refractivity contribution is 5.89. The second kappa shape index (κ2) is 12.4. The van der Waals surface area contributed by atoms with Gasteiger partial charge >= 0.3 is 18.2 Å². The van der Waals surface area contributed by atoms with Gasteiger partial charge in [0.2, 0.25) is 0 Å². The van der Waals surface area contributed by atoms with E-state index in [9.17, 15) is 24.5 Å². The number of rotatable bonds is 9. The Bertz CT molecular complexity index is 1030. The number of alkyl carbamates (subject to hydrolysis) is 1. The third kappa shape index (κ3) is 7.42. The van der Waals surface area contributed by atoms with Gasteiger partial charge in [0.05, 0.1) is 23.6 Å². The lowest BCUT2D eigenvalue weighted by Gasteiger charge is -2.23. The fourth-order valence-corrected chi connectivity index (χ4v) is 3.71. The van der Waals surface area contributed by atoms with E-state index in [0.29, 0.717) is 24.0 Å². The topological polar surface area (TPSA) is 137 Å². The summed E-state index contributed by atoms with van der Waals surface area (Å²) in [5, 5.41) is 13.4. The number of ether oxygens (including phenoxy) is 3. The molecule has 2 amide bonds. The van der Waals surface area contributed by atoms with Crippen LogP contribution in [0, 0.1) is 10.1 Å². The molecule has 0 unspecified atom stereocenters. The molecule has 1 aliphatic heterocycles. The van der Waals surface area contributed by atoms with Crippen LogP contribution in [-0.4, -0.2) is 59.8 Å². The summed E-state index contributed by atoms with van der Waals surface area (Å²) in [5.74, 6) is -0.486. The van der Waals surface area contributed by atoms with E-state index in [1.54, 1.807) is 37.3 Å². The Morgan fingerprint density at radius 2 is 1.80 bits per heavy atom. The standard InChI is InChI=1S/C24H27N3O8/c1-2-33-23(29)25-13-12-20-14-21(35-22(28)18-6-4-3-5-7-18)15-26(20)24(30)34-16-17-8-10-19(11-9-17)27(31)32/h3-11,20-21H,2,12-16H2,1H3,(H,25,29)/t20-,21+/m0/s1. The maximum Gasteiger partial charge on any atom is 0.410 e. The number of benzene rings is 2. The minimum atomic E-state index is -0.609. The predicted octanol–water partition coefficient (Wildman–Crippen LogP) is 3.67. The number of carbonyl (C=O) groups is 3. The lowest BCUT2D eigenvalue weighted by atomic mass is 10.1. The first-order valence-electron chi connectivity index (χ1n) is 11.2. The maximum absolute atomic E-state index is 12.8. The van der Waals surface area contributed by atoms with Gasteiger partial charge in [0.25, 0.3) is 5.69 Å². The van der Waals surface area contributed by atoms with Crippen molar-refractivity contribution in [1.82, 2.24) is 10.2 Å². The predicted molar refractivity (Wildman–Crippen MR) is 124 cm³/mol. The Hall–Kier alpha value is -4.15. The number of nitro groups is 1. The summed E-state index contributed by atoms with van der Waals surface area (Å²) in [5.41, 5.74) is 0.944. The van der Waals surface area contributed by atoms with E-state index >= 15 is 0 Å². The molecule has 11 heteroatoms. The second-order valence-electron chi connectivity index (χ2n) is 7.85. The van der Waals surface area contributed by atoms with E-state index < -0.39 is 29.2 Å². The molecule has 0 saturated carbocycles. The summed E-state index contributed by atoms with van der Waals surface area (Å²) in [6.07, 6.45) is -0.907. The molecule has 2 aromatic carbocycles. The van der Waals surface area contributed by atoms with Crippen LogP contribution >= 0.6 is 0 Å². The number of esters is 1. The molecule has 1 fully saturated rings. The summed E-state index contributed by atoms with van der Waals surface area (Å²) in [4.78, 5) is 48.6. The normalized spacial score (nSPS) is 16.9. The fourth-order valence-electron chi connectivity index (χ4n) is 3.71. The van der Waals surface area contributed by atoms with Crippen molar-refractivity contribution in [2.45, 2.75) is 38.5 Å². The van der Waals surface area contributed by atoms with Crippen LogP contribution < -0.4 is 5.32 Å². The monoisotopic (exact) mass is 485 g/mol. The molecule has 0 aromatic heterocycles. The van der Waals surface area contributed by atoms with Crippen LogP contribution in [0.3, 0.4) is 0 Å². The number of nitrogens with one attached hydrogen (secondary N) is 1. The number of hydrogen-bond acceptors (Lipinski definition) is 8. The third-order valence-corrected chi connectivity index (χ3v) is 5.43. The van der Waals surface area contributed by atoms with Gasteiger partial charge in [0.1, 0.15) is 12.7 Å². The van der Waals surface area contributed by atoms with Crippen molar-refractivity contribution in [2.24, 2.45) is 0 Å². The van der Waals surface area contributed by atoms with E-state index in [1.807, 2.05) is 0 Å². The Balaban J connectivity index is 1.61. The first kappa shape index (κ1) is 25.5. The van der Waals surface area contributed by atoms with Crippen molar-refractivity contribution in [1.29, 1.82) is 0 Å². The zero-order valence-electron chi connectivity index (χ0n) is 19.3.